The molecule has 0 bridgehead atoms. The normalized spacial score (nSPS) is 21.9. The zero-order valence-electron chi connectivity index (χ0n) is 14.0. The molecule has 0 radical (unpaired) electrons. The van der Waals surface area contributed by atoms with Crippen molar-refractivity contribution in [3.8, 4) is 11.5 Å². The van der Waals surface area contributed by atoms with Crippen LogP contribution < -0.4 is 4.74 Å². The molecule has 0 spiro atoms. The highest BCUT2D eigenvalue weighted by molar-refractivity contribution is 5.35. The van der Waals surface area contributed by atoms with Crippen LogP contribution in [0.25, 0.3) is 0 Å². The minimum Gasteiger partial charge on any atom is -0.457 e. The maximum Gasteiger partial charge on any atom is 0.127 e. The van der Waals surface area contributed by atoms with Crippen LogP contribution >= 0.6 is 0 Å². The second kappa shape index (κ2) is 6.76. The Balaban J connectivity index is 1.75. The Morgan fingerprint density at radius 3 is 2.13 bits per heavy atom. The molecule has 1 aliphatic carbocycles. The number of aliphatic hydroxyl groups excluding tert-OH is 1. The number of aliphatic hydroxyl groups is 1. The molecule has 1 saturated carbocycles. The lowest BCUT2D eigenvalue weighted by molar-refractivity contribution is 0.0321. The van der Waals surface area contributed by atoms with E-state index in [2.05, 4.69) is 26.0 Å². The first-order valence-electron chi connectivity index (χ1n) is 8.59. The van der Waals surface area contributed by atoms with E-state index in [4.69, 9.17) is 4.74 Å². The third-order valence-corrected chi connectivity index (χ3v) is 5.23. The first-order chi connectivity index (χ1) is 11.1. The van der Waals surface area contributed by atoms with E-state index in [0.717, 1.165) is 30.8 Å². The van der Waals surface area contributed by atoms with Gasteiger partial charge in [-0.1, -0.05) is 57.0 Å². The van der Waals surface area contributed by atoms with Crippen LogP contribution in [0.2, 0.25) is 0 Å². The molecule has 0 heterocycles. The summed E-state index contributed by atoms with van der Waals surface area (Å²) in [5, 5.41) is 10.4. The number of benzene rings is 2. The lowest BCUT2D eigenvalue weighted by Gasteiger charge is -2.40. The molecule has 3 rings (SSSR count). The van der Waals surface area contributed by atoms with Crippen LogP contribution in [0.4, 0.5) is 0 Å². The summed E-state index contributed by atoms with van der Waals surface area (Å²) in [6.07, 6.45) is 4.23. The summed E-state index contributed by atoms with van der Waals surface area (Å²) in [6.45, 7) is 4.50. The van der Waals surface area contributed by atoms with Crippen LogP contribution in [0.15, 0.2) is 54.6 Å². The van der Waals surface area contributed by atoms with Crippen molar-refractivity contribution >= 4 is 0 Å². The Bertz CT molecular complexity index is 616. The quantitative estimate of drug-likeness (QED) is 0.829. The lowest BCUT2D eigenvalue weighted by atomic mass is 9.66. The fourth-order valence-corrected chi connectivity index (χ4v) is 3.74. The van der Waals surface area contributed by atoms with E-state index in [-0.39, 0.29) is 11.5 Å². The van der Waals surface area contributed by atoms with Gasteiger partial charge in [0.1, 0.15) is 11.5 Å². The molecule has 2 heteroatoms. The smallest absolute Gasteiger partial charge is 0.127 e. The van der Waals surface area contributed by atoms with Gasteiger partial charge in [0.2, 0.25) is 0 Å². The van der Waals surface area contributed by atoms with Crippen molar-refractivity contribution in [1.82, 2.24) is 0 Å². The van der Waals surface area contributed by atoms with Gasteiger partial charge >= 0.3 is 0 Å². The van der Waals surface area contributed by atoms with Crippen molar-refractivity contribution < 1.29 is 9.84 Å². The summed E-state index contributed by atoms with van der Waals surface area (Å²) in [6, 6.07) is 18.2. The van der Waals surface area contributed by atoms with Gasteiger partial charge in [0.05, 0.1) is 6.10 Å². The number of hydrogen-bond acceptors (Lipinski definition) is 2. The Hall–Kier alpha value is -1.80. The summed E-state index contributed by atoms with van der Waals surface area (Å²) < 4.78 is 5.86. The van der Waals surface area contributed by atoms with Gasteiger partial charge in [0.25, 0.3) is 0 Å². The minimum atomic E-state index is -0.181. The predicted octanol–water partition coefficient (Wildman–Crippen LogP) is 5.31. The van der Waals surface area contributed by atoms with Gasteiger partial charge in [-0.25, -0.2) is 0 Å². The molecule has 0 unspecified atom stereocenters. The van der Waals surface area contributed by atoms with Crippen molar-refractivity contribution in [2.24, 2.45) is 5.92 Å². The molecule has 2 aromatic rings. The van der Waals surface area contributed by atoms with E-state index in [9.17, 15) is 5.11 Å². The van der Waals surface area contributed by atoms with Crippen LogP contribution in [0.3, 0.4) is 0 Å². The van der Waals surface area contributed by atoms with Crippen LogP contribution in [0, 0.1) is 5.92 Å². The zero-order chi connectivity index (χ0) is 16.3. The summed E-state index contributed by atoms with van der Waals surface area (Å²) in [5.74, 6) is 2.03. The molecule has 1 fully saturated rings. The highest BCUT2D eigenvalue weighted by Gasteiger charge is 2.37. The molecule has 0 amide bonds. The van der Waals surface area contributed by atoms with Crippen molar-refractivity contribution in [2.45, 2.75) is 51.0 Å². The molecular formula is C21H26O2. The number of ether oxygens (including phenoxy) is 1. The maximum absolute atomic E-state index is 10.4. The molecule has 0 saturated heterocycles. The monoisotopic (exact) mass is 310 g/mol. The standard InChI is InChI=1S/C21H26O2/c1-21(2,19-10-6-7-11-20(19)22)16-12-14-18(15-13-16)23-17-8-4-3-5-9-17/h3-5,8-9,12-15,19-20,22H,6-7,10-11H2,1-2H3/t19-,20-/m0/s1. The molecule has 2 nitrogen and oxygen atoms in total. The van der Waals surface area contributed by atoms with Gasteiger partial charge in [0, 0.05) is 0 Å². The third-order valence-electron chi connectivity index (χ3n) is 5.23. The summed E-state index contributed by atoms with van der Waals surface area (Å²) in [4.78, 5) is 0. The van der Waals surface area contributed by atoms with Gasteiger partial charge in [-0.15, -0.1) is 0 Å². The molecule has 2 aromatic carbocycles. The van der Waals surface area contributed by atoms with Gasteiger partial charge in [-0.3, -0.25) is 0 Å². The molecule has 2 atom stereocenters. The van der Waals surface area contributed by atoms with E-state index in [0.29, 0.717) is 5.92 Å². The number of hydrogen-bond donors (Lipinski definition) is 1. The fraction of sp³-hybridized carbons (Fsp3) is 0.429. The minimum absolute atomic E-state index is 0.0227. The molecule has 23 heavy (non-hydrogen) atoms. The Kier molecular flexibility index (Phi) is 4.72. The molecule has 1 N–H and O–H groups in total. The summed E-state index contributed by atoms with van der Waals surface area (Å²) in [5.41, 5.74) is 1.24. The van der Waals surface area contributed by atoms with E-state index < -0.39 is 0 Å². The van der Waals surface area contributed by atoms with E-state index >= 15 is 0 Å². The first-order valence-corrected chi connectivity index (χ1v) is 8.59. The van der Waals surface area contributed by atoms with E-state index in [1.165, 1.54) is 12.0 Å². The topological polar surface area (TPSA) is 29.5 Å². The van der Waals surface area contributed by atoms with E-state index in [1.807, 2.05) is 42.5 Å². The average molecular weight is 310 g/mol. The van der Waals surface area contributed by atoms with Gasteiger partial charge in [-0.2, -0.15) is 0 Å². The molecular weight excluding hydrogens is 284 g/mol. The molecule has 1 aliphatic rings. The second-order valence-electron chi connectivity index (χ2n) is 7.12. The Labute approximate surface area is 139 Å². The highest BCUT2D eigenvalue weighted by atomic mass is 16.5. The maximum atomic E-state index is 10.4. The average Bonchev–Trinajstić information content (AvgIpc) is 2.56. The van der Waals surface area contributed by atoms with Gasteiger partial charge < -0.3 is 9.84 Å². The first kappa shape index (κ1) is 16.1. The van der Waals surface area contributed by atoms with Crippen molar-refractivity contribution in [1.29, 1.82) is 0 Å². The SMILES string of the molecule is CC(C)(c1ccc(Oc2ccccc2)cc1)[C@H]1CCCC[C@@H]1O. The van der Waals surface area contributed by atoms with Gasteiger partial charge in [0.15, 0.2) is 0 Å². The van der Waals surface area contributed by atoms with Crippen LogP contribution in [-0.2, 0) is 5.41 Å². The Morgan fingerprint density at radius 2 is 1.48 bits per heavy atom. The molecule has 0 aliphatic heterocycles. The zero-order valence-corrected chi connectivity index (χ0v) is 14.0. The van der Waals surface area contributed by atoms with Crippen LogP contribution in [0.1, 0.15) is 45.1 Å². The molecule has 122 valence electrons. The fourth-order valence-electron chi connectivity index (χ4n) is 3.74. The van der Waals surface area contributed by atoms with Crippen LogP contribution in [0.5, 0.6) is 11.5 Å². The van der Waals surface area contributed by atoms with Crippen LogP contribution in [-0.4, -0.2) is 11.2 Å². The Morgan fingerprint density at radius 1 is 0.870 bits per heavy atom. The van der Waals surface area contributed by atoms with Crippen molar-refractivity contribution in [3.05, 3.63) is 60.2 Å². The summed E-state index contributed by atoms with van der Waals surface area (Å²) >= 11 is 0. The van der Waals surface area contributed by atoms with Crippen molar-refractivity contribution in [2.75, 3.05) is 0 Å². The third kappa shape index (κ3) is 3.59. The number of rotatable bonds is 4. The largest absolute Gasteiger partial charge is 0.457 e. The molecule has 0 aromatic heterocycles. The van der Waals surface area contributed by atoms with Gasteiger partial charge in [-0.05, 0) is 54.0 Å². The second-order valence-corrected chi connectivity index (χ2v) is 7.12. The van der Waals surface area contributed by atoms with E-state index in [1.54, 1.807) is 0 Å². The lowest BCUT2D eigenvalue weighted by Crippen LogP contribution is -2.39. The highest BCUT2D eigenvalue weighted by Crippen LogP contribution is 2.41. The summed E-state index contributed by atoms with van der Waals surface area (Å²) in [7, 11) is 0. The number of para-hydroxylation sites is 1. The van der Waals surface area contributed by atoms with Crippen molar-refractivity contribution in [3.63, 3.8) is 0 Å². The predicted molar refractivity (Wildman–Crippen MR) is 93.9 cm³/mol.